The smallest absolute Gasteiger partial charge is 0.136 e. The third-order valence-corrected chi connectivity index (χ3v) is 7.42. The molecule has 0 aromatic carbocycles. The van der Waals surface area contributed by atoms with E-state index >= 15 is 0 Å². The van der Waals surface area contributed by atoms with Gasteiger partial charge in [-0.3, -0.25) is 0 Å². The summed E-state index contributed by atoms with van der Waals surface area (Å²) in [6, 6.07) is 0. The van der Waals surface area contributed by atoms with E-state index in [1.165, 1.54) is 38.5 Å². The fraction of sp³-hybridized carbons (Fsp3) is 0.952. The fourth-order valence-electron chi connectivity index (χ4n) is 5.71. The van der Waals surface area contributed by atoms with Gasteiger partial charge < -0.3 is 12.5 Å². The quantitative estimate of drug-likeness (QED) is 0.415. The van der Waals surface area contributed by atoms with Crippen molar-refractivity contribution in [2.45, 2.75) is 83.5 Å². The molecular formula is C21H37CmF2O-. The van der Waals surface area contributed by atoms with Crippen molar-refractivity contribution < 1.29 is 13.9 Å². The zero-order chi connectivity index (χ0) is 16.4. The maximum Gasteiger partial charge on any atom is 0.136 e. The Bertz CT molecular complexity index is 365. The van der Waals surface area contributed by atoms with Crippen molar-refractivity contribution in [1.82, 2.24) is 0 Å². The minimum absolute atomic E-state index is 0. The van der Waals surface area contributed by atoms with E-state index in [0.717, 1.165) is 37.0 Å². The number of alkyl halides is 2. The van der Waals surface area contributed by atoms with Crippen LogP contribution in [-0.4, -0.2) is 24.1 Å². The Kier molecular flexibility index (Phi) is 8.31. The SMILES string of the molecule is CC1CCC(C2CCC(C3CCC(CO)C(F)C3F)CC2)CC1.[CH3-].[Cm]. The molecule has 1 N–H and O–H groups in total. The minimum Gasteiger partial charge on any atom is -0.396 e. The van der Waals surface area contributed by atoms with E-state index in [2.05, 4.69) is 6.92 Å². The van der Waals surface area contributed by atoms with Gasteiger partial charge in [0.1, 0.15) is 12.3 Å². The first-order valence-electron chi connectivity index (χ1n) is 9.99. The van der Waals surface area contributed by atoms with Gasteiger partial charge in [0.25, 0.3) is 0 Å². The summed E-state index contributed by atoms with van der Waals surface area (Å²) in [6.45, 7) is 2.16. The molecular weight excluding hydrogens is 553 g/mol. The number of aliphatic hydroxyl groups is 1. The van der Waals surface area contributed by atoms with E-state index in [-0.39, 0.29) is 20.0 Å². The van der Waals surface area contributed by atoms with Crippen molar-refractivity contribution in [3.05, 3.63) is 7.43 Å². The predicted molar refractivity (Wildman–Crippen MR) is 96.1 cm³/mol. The molecule has 1 nitrogen and oxygen atoms in total. The van der Waals surface area contributed by atoms with Crippen LogP contribution in [0, 0.1) is 42.9 Å². The van der Waals surface area contributed by atoms with Crippen molar-refractivity contribution in [1.29, 1.82) is 0 Å². The number of hydrogen-bond acceptors (Lipinski definition) is 1. The molecule has 3 rings (SSSR count). The van der Waals surface area contributed by atoms with Gasteiger partial charge in [-0.1, -0.05) is 19.8 Å². The molecule has 3 fully saturated rings. The van der Waals surface area contributed by atoms with E-state index in [4.69, 9.17) is 5.11 Å². The zero-order valence-corrected chi connectivity index (χ0v) is 18.9. The zero-order valence-electron chi connectivity index (χ0n) is 16.0. The molecule has 0 heterocycles. The van der Waals surface area contributed by atoms with Crippen LogP contribution in [0.15, 0.2) is 0 Å². The number of rotatable bonds is 3. The molecule has 0 aromatic heterocycles. The molecule has 4 atom stereocenters. The number of halogens is 2. The minimum atomic E-state index is -1.45. The van der Waals surface area contributed by atoms with Gasteiger partial charge in [0.15, 0.2) is 0 Å². The van der Waals surface area contributed by atoms with Crippen LogP contribution in [0.3, 0.4) is 0 Å². The third kappa shape index (κ3) is 4.71. The number of hydrogen-bond donors (Lipinski definition) is 1. The topological polar surface area (TPSA) is 20.2 Å². The molecule has 0 aliphatic heterocycles. The average molecular weight is 591 g/mol. The van der Waals surface area contributed by atoms with Gasteiger partial charge in [-0.25, -0.2) is 8.78 Å². The first kappa shape index (κ1) is 21.9. The maximum absolute atomic E-state index is 14.5. The molecule has 0 aromatic rings. The molecule has 0 spiro atoms. The normalized spacial score (nSPS) is 45.1. The van der Waals surface area contributed by atoms with Gasteiger partial charge in [0.2, 0.25) is 0 Å². The predicted octanol–water partition coefficient (Wildman–Crippen LogP) is 5.76. The van der Waals surface area contributed by atoms with Gasteiger partial charge in [-0.15, -0.1) is 0 Å². The maximum atomic E-state index is 14.5. The first-order chi connectivity index (χ1) is 11.1. The van der Waals surface area contributed by atoms with Gasteiger partial charge in [-0.05, 0) is 81.0 Å². The molecule has 0 amide bonds. The Morgan fingerprint density at radius 2 is 1.20 bits per heavy atom. The molecule has 4 unspecified atom stereocenters. The monoisotopic (exact) mass is 586 g/mol. The molecule has 0 saturated heterocycles. The van der Waals surface area contributed by atoms with E-state index in [1.54, 1.807) is 0 Å². The van der Waals surface area contributed by atoms with Crippen LogP contribution < -0.4 is 0 Å². The summed E-state index contributed by atoms with van der Waals surface area (Å²) in [7, 11) is 0. The Hall–Kier alpha value is -1.18. The summed E-state index contributed by atoms with van der Waals surface area (Å²) in [5, 5.41) is 9.17. The second-order valence-electron chi connectivity index (χ2n) is 8.77. The Morgan fingerprint density at radius 3 is 1.72 bits per heavy atom. The van der Waals surface area contributed by atoms with Crippen LogP contribution in [0.2, 0.25) is 0 Å². The van der Waals surface area contributed by atoms with E-state index in [0.29, 0.717) is 12.3 Å². The Morgan fingerprint density at radius 1 is 0.720 bits per heavy atom. The van der Waals surface area contributed by atoms with Crippen molar-refractivity contribution in [2.24, 2.45) is 35.5 Å². The summed E-state index contributed by atoms with van der Waals surface area (Å²) in [6.07, 6.45) is 8.81. The van der Waals surface area contributed by atoms with Gasteiger partial charge in [0.05, 0.1) is 0 Å². The van der Waals surface area contributed by atoms with Crippen LogP contribution in [0.25, 0.3) is 0 Å². The molecule has 3 saturated carbocycles. The molecule has 25 heavy (non-hydrogen) atoms. The first-order valence-corrected chi connectivity index (χ1v) is 9.99. The van der Waals surface area contributed by atoms with E-state index < -0.39 is 18.3 Å². The van der Waals surface area contributed by atoms with Gasteiger partial charge >= 0.3 is 0 Å². The van der Waals surface area contributed by atoms with Crippen LogP contribution in [0.5, 0.6) is 0 Å². The summed E-state index contributed by atoms with van der Waals surface area (Å²) >= 11 is 0. The summed E-state index contributed by atoms with van der Waals surface area (Å²) in [4.78, 5) is 0. The Balaban J connectivity index is 0.00000156. The standard InChI is InChI=1S/C20H34F2O.CH3.Cm/c1-13-2-4-14(5-3-13)15-6-8-16(9-7-15)18-11-10-17(12-23)19(21)20(18)22;;/h13-20,23H,2-12H2,1H3;1H3;/q;-1;. The molecule has 0 bridgehead atoms. The largest absolute Gasteiger partial charge is 0.396 e. The average Bonchev–Trinajstić information content (AvgIpc) is 2.58. The third-order valence-electron chi connectivity index (χ3n) is 7.42. The fourth-order valence-corrected chi connectivity index (χ4v) is 5.71. The van der Waals surface area contributed by atoms with Crippen molar-refractivity contribution >= 4 is 0 Å². The molecule has 3 aliphatic rings. The number of aliphatic hydroxyl groups excluding tert-OH is 1. The molecule has 4 heteroatoms. The Labute approximate surface area is 147 Å². The van der Waals surface area contributed by atoms with Crippen molar-refractivity contribution in [3.8, 4) is 0 Å². The van der Waals surface area contributed by atoms with Crippen LogP contribution in [0.1, 0.15) is 71.1 Å². The van der Waals surface area contributed by atoms with E-state index in [9.17, 15) is 8.78 Å². The van der Waals surface area contributed by atoms with E-state index in [1.807, 2.05) is 0 Å². The molecule has 0 radical (unpaired) electrons. The van der Waals surface area contributed by atoms with Gasteiger partial charge in [-0.2, -0.15) is 0 Å². The molecule has 150 valence electrons. The summed E-state index contributed by atoms with van der Waals surface area (Å²) < 4.78 is 28.6. The summed E-state index contributed by atoms with van der Waals surface area (Å²) in [5.74, 6) is 2.45. The molecule has 3 aliphatic carbocycles. The van der Waals surface area contributed by atoms with Crippen molar-refractivity contribution in [3.63, 3.8) is 0 Å². The van der Waals surface area contributed by atoms with Crippen LogP contribution in [0.4, 0.5) is 8.78 Å². The van der Waals surface area contributed by atoms with Crippen LogP contribution >= 0.6 is 0 Å². The summed E-state index contributed by atoms with van der Waals surface area (Å²) in [5.41, 5.74) is 0. The second kappa shape index (κ2) is 9.50. The second-order valence-corrected chi connectivity index (χ2v) is 8.77. The van der Waals surface area contributed by atoms with Crippen molar-refractivity contribution in [2.75, 3.05) is 6.61 Å². The van der Waals surface area contributed by atoms with Gasteiger partial charge in [0, 0.05) is 12.5 Å². The van der Waals surface area contributed by atoms with Crippen LogP contribution in [-0.2, 0) is 0 Å².